The second-order valence-corrected chi connectivity index (χ2v) is 8.12. The van der Waals surface area contributed by atoms with Crippen molar-refractivity contribution in [3.05, 3.63) is 58.7 Å². The van der Waals surface area contributed by atoms with Crippen LogP contribution in [-0.4, -0.2) is 36.6 Å². The number of ether oxygens (including phenoxy) is 2. The van der Waals surface area contributed by atoms with E-state index in [-0.39, 0.29) is 17.9 Å². The van der Waals surface area contributed by atoms with Crippen molar-refractivity contribution in [3.8, 4) is 11.5 Å². The molecule has 0 spiro atoms. The van der Waals surface area contributed by atoms with E-state index in [1.807, 2.05) is 71.0 Å². The molecule has 168 valence electrons. The number of carbonyl (C=O) groups is 2. The van der Waals surface area contributed by atoms with Crippen LogP contribution in [0, 0.1) is 27.7 Å². The molecule has 0 fully saturated rings. The number of benzene rings is 2. The maximum Gasteiger partial charge on any atom is 0.261 e. The van der Waals surface area contributed by atoms with Gasteiger partial charge in [-0.15, -0.1) is 0 Å². The fourth-order valence-electron chi connectivity index (χ4n) is 3.24. The van der Waals surface area contributed by atoms with Gasteiger partial charge < -0.3 is 20.1 Å². The predicted molar refractivity (Wildman–Crippen MR) is 123 cm³/mol. The lowest BCUT2D eigenvalue weighted by Gasteiger charge is -2.22. The molecule has 0 aliphatic heterocycles. The molecule has 0 saturated carbocycles. The molecule has 0 aliphatic rings. The van der Waals surface area contributed by atoms with Crippen LogP contribution in [0.2, 0.25) is 0 Å². The fraction of sp³-hybridized carbons (Fsp3) is 0.440. The van der Waals surface area contributed by atoms with E-state index in [2.05, 4.69) is 10.6 Å². The van der Waals surface area contributed by atoms with Crippen LogP contribution in [0.15, 0.2) is 36.4 Å². The average Bonchev–Trinajstić information content (AvgIpc) is 2.71. The summed E-state index contributed by atoms with van der Waals surface area (Å²) >= 11 is 0. The Hall–Kier alpha value is -3.02. The summed E-state index contributed by atoms with van der Waals surface area (Å²) in [5.41, 5.74) is 3.94. The Labute approximate surface area is 185 Å². The molecule has 0 aromatic heterocycles. The van der Waals surface area contributed by atoms with Gasteiger partial charge in [0, 0.05) is 12.6 Å². The van der Waals surface area contributed by atoms with Crippen molar-refractivity contribution in [2.45, 2.75) is 66.7 Å². The number of aryl methyl sites for hydroxylation is 4. The Morgan fingerprint density at radius 1 is 0.742 bits per heavy atom. The second kappa shape index (κ2) is 10.8. The first-order chi connectivity index (χ1) is 14.6. The summed E-state index contributed by atoms with van der Waals surface area (Å²) in [6, 6.07) is 11.5. The van der Waals surface area contributed by atoms with Crippen molar-refractivity contribution < 1.29 is 19.1 Å². The van der Waals surface area contributed by atoms with E-state index in [4.69, 9.17) is 9.47 Å². The summed E-state index contributed by atoms with van der Waals surface area (Å²) in [6.07, 6.45) is -1.29. The van der Waals surface area contributed by atoms with Crippen molar-refractivity contribution in [1.29, 1.82) is 0 Å². The molecular weight excluding hydrogens is 392 g/mol. The summed E-state index contributed by atoms with van der Waals surface area (Å²) in [7, 11) is 0. The Morgan fingerprint density at radius 2 is 1.13 bits per heavy atom. The van der Waals surface area contributed by atoms with Crippen LogP contribution in [0.5, 0.6) is 11.5 Å². The molecule has 0 radical (unpaired) electrons. The average molecular weight is 427 g/mol. The molecule has 0 bridgehead atoms. The van der Waals surface area contributed by atoms with E-state index >= 15 is 0 Å². The molecule has 6 heteroatoms. The SMILES string of the molecule is Cc1cccc(C)c1O[C@H](C)C(=O)NC[C@@H](C)NC(=O)[C@@H](C)Oc1c(C)cccc1C. The summed E-state index contributed by atoms with van der Waals surface area (Å²) in [4.78, 5) is 24.9. The highest BCUT2D eigenvalue weighted by Crippen LogP contribution is 2.24. The molecule has 2 aromatic rings. The van der Waals surface area contributed by atoms with Crippen molar-refractivity contribution in [2.75, 3.05) is 6.54 Å². The van der Waals surface area contributed by atoms with Crippen LogP contribution in [0.25, 0.3) is 0 Å². The van der Waals surface area contributed by atoms with Gasteiger partial charge in [0.15, 0.2) is 12.2 Å². The molecule has 0 aliphatic carbocycles. The zero-order chi connectivity index (χ0) is 23.1. The molecule has 3 atom stereocenters. The van der Waals surface area contributed by atoms with Gasteiger partial charge in [0.2, 0.25) is 0 Å². The van der Waals surface area contributed by atoms with Crippen molar-refractivity contribution in [2.24, 2.45) is 0 Å². The predicted octanol–water partition coefficient (Wildman–Crippen LogP) is 3.78. The third-order valence-corrected chi connectivity index (χ3v) is 5.12. The van der Waals surface area contributed by atoms with Gasteiger partial charge in [-0.25, -0.2) is 0 Å². The van der Waals surface area contributed by atoms with Crippen molar-refractivity contribution in [1.82, 2.24) is 10.6 Å². The molecule has 2 N–H and O–H groups in total. The molecular formula is C25H34N2O4. The van der Waals surface area contributed by atoms with Crippen LogP contribution in [0.4, 0.5) is 0 Å². The van der Waals surface area contributed by atoms with E-state index < -0.39 is 12.2 Å². The maximum absolute atomic E-state index is 12.5. The fourth-order valence-corrected chi connectivity index (χ4v) is 3.24. The van der Waals surface area contributed by atoms with Gasteiger partial charge in [0.1, 0.15) is 11.5 Å². The standard InChI is InChI=1S/C25H34N2O4/c1-15-10-8-11-16(2)22(15)30-20(6)24(28)26-14-19(5)27-25(29)21(7)31-23-17(3)12-9-13-18(23)4/h8-13,19-21H,14H2,1-7H3,(H,26,28)(H,27,29)/t19-,20-,21-/m1/s1. The molecule has 0 saturated heterocycles. The third-order valence-electron chi connectivity index (χ3n) is 5.12. The van der Waals surface area contributed by atoms with Gasteiger partial charge in [-0.3, -0.25) is 9.59 Å². The Bertz CT molecular complexity index is 885. The summed E-state index contributed by atoms with van der Waals surface area (Å²) < 4.78 is 11.7. The molecule has 2 aromatic carbocycles. The zero-order valence-corrected chi connectivity index (χ0v) is 19.5. The van der Waals surface area contributed by atoms with E-state index in [0.717, 1.165) is 33.8 Å². The minimum Gasteiger partial charge on any atom is -0.480 e. The molecule has 31 heavy (non-hydrogen) atoms. The normalized spacial score (nSPS) is 13.6. The lowest BCUT2D eigenvalue weighted by Crippen LogP contribution is -2.48. The first kappa shape index (κ1) is 24.3. The maximum atomic E-state index is 12.5. The number of para-hydroxylation sites is 2. The quantitative estimate of drug-likeness (QED) is 0.640. The number of hydrogen-bond donors (Lipinski definition) is 2. The summed E-state index contributed by atoms with van der Waals surface area (Å²) in [5, 5.41) is 5.72. The first-order valence-electron chi connectivity index (χ1n) is 10.6. The molecule has 2 rings (SSSR count). The first-order valence-corrected chi connectivity index (χ1v) is 10.6. The highest BCUT2D eigenvalue weighted by atomic mass is 16.5. The van der Waals surface area contributed by atoms with E-state index in [9.17, 15) is 9.59 Å². The van der Waals surface area contributed by atoms with Gasteiger partial charge in [-0.05, 0) is 70.7 Å². The Morgan fingerprint density at radius 3 is 1.55 bits per heavy atom. The van der Waals surface area contributed by atoms with Gasteiger partial charge in [0.05, 0.1) is 0 Å². The molecule has 2 amide bonds. The van der Waals surface area contributed by atoms with E-state index in [1.165, 1.54) is 0 Å². The summed E-state index contributed by atoms with van der Waals surface area (Å²) in [5.74, 6) is 0.986. The highest BCUT2D eigenvalue weighted by Gasteiger charge is 2.21. The van der Waals surface area contributed by atoms with Crippen molar-refractivity contribution in [3.63, 3.8) is 0 Å². The van der Waals surface area contributed by atoms with E-state index in [0.29, 0.717) is 6.54 Å². The minimum atomic E-state index is -0.649. The van der Waals surface area contributed by atoms with Crippen LogP contribution in [0.3, 0.4) is 0 Å². The number of amides is 2. The highest BCUT2D eigenvalue weighted by molar-refractivity contribution is 5.82. The number of rotatable bonds is 9. The van der Waals surface area contributed by atoms with Crippen LogP contribution >= 0.6 is 0 Å². The van der Waals surface area contributed by atoms with E-state index in [1.54, 1.807) is 13.8 Å². The Kier molecular flexibility index (Phi) is 8.48. The molecule has 6 nitrogen and oxygen atoms in total. The van der Waals surface area contributed by atoms with Gasteiger partial charge in [-0.1, -0.05) is 36.4 Å². The van der Waals surface area contributed by atoms with Crippen LogP contribution < -0.4 is 20.1 Å². The van der Waals surface area contributed by atoms with Crippen LogP contribution in [-0.2, 0) is 9.59 Å². The minimum absolute atomic E-state index is 0.232. The zero-order valence-electron chi connectivity index (χ0n) is 19.5. The van der Waals surface area contributed by atoms with Crippen molar-refractivity contribution >= 4 is 11.8 Å². The smallest absolute Gasteiger partial charge is 0.261 e. The molecule has 0 heterocycles. The largest absolute Gasteiger partial charge is 0.480 e. The lowest BCUT2D eigenvalue weighted by atomic mass is 10.1. The second-order valence-electron chi connectivity index (χ2n) is 8.12. The van der Waals surface area contributed by atoms with Gasteiger partial charge >= 0.3 is 0 Å². The summed E-state index contributed by atoms with van der Waals surface area (Å²) in [6.45, 7) is 13.4. The third kappa shape index (κ3) is 6.74. The Balaban J connectivity index is 1.83. The monoisotopic (exact) mass is 426 g/mol. The lowest BCUT2D eigenvalue weighted by molar-refractivity contribution is -0.129. The van der Waals surface area contributed by atoms with Gasteiger partial charge in [0.25, 0.3) is 11.8 Å². The molecule has 0 unspecified atom stereocenters. The van der Waals surface area contributed by atoms with Gasteiger partial charge in [-0.2, -0.15) is 0 Å². The number of hydrogen-bond acceptors (Lipinski definition) is 4. The topological polar surface area (TPSA) is 76.7 Å². The number of carbonyl (C=O) groups excluding carboxylic acids is 2. The number of nitrogens with one attached hydrogen (secondary N) is 2. The van der Waals surface area contributed by atoms with Crippen LogP contribution in [0.1, 0.15) is 43.0 Å².